The fourth-order valence-electron chi connectivity index (χ4n) is 3.51. The SMILES string of the molecule is CCc1cc(Br)cc2sc(NC(=O)C3CCCc4c3ncn4C)nc12. The molecule has 3 aromatic rings. The van der Waals surface area contributed by atoms with E-state index in [0.717, 1.165) is 46.1 Å². The lowest BCUT2D eigenvalue weighted by Crippen LogP contribution is -2.25. The van der Waals surface area contributed by atoms with E-state index in [1.165, 1.54) is 22.6 Å². The van der Waals surface area contributed by atoms with Gasteiger partial charge in [-0.15, -0.1) is 0 Å². The maximum absolute atomic E-state index is 12.8. The Hall–Kier alpha value is -1.73. The van der Waals surface area contributed by atoms with Crippen LogP contribution < -0.4 is 5.32 Å². The number of fused-ring (bicyclic) bond motifs is 2. The normalized spacial score (nSPS) is 16.8. The summed E-state index contributed by atoms with van der Waals surface area (Å²) in [7, 11) is 1.99. The van der Waals surface area contributed by atoms with Gasteiger partial charge in [0.1, 0.15) is 0 Å². The number of amides is 1. The summed E-state index contributed by atoms with van der Waals surface area (Å²) in [6, 6.07) is 4.15. The Labute approximate surface area is 158 Å². The van der Waals surface area contributed by atoms with Gasteiger partial charge in [-0.3, -0.25) is 4.79 Å². The lowest BCUT2D eigenvalue weighted by molar-refractivity contribution is -0.118. The molecule has 0 fully saturated rings. The molecule has 2 heterocycles. The summed E-state index contributed by atoms with van der Waals surface area (Å²) in [4.78, 5) is 22.0. The topological polar surface area (TPSA) is 59.8 Å². The maximum Gasteiger partial charge on any atom is 0.235 e. The molecule has 0 saturated carbocycles. The predicted molar refractivity (Wildman–Crippen MR) is 104 cm³/mol. The Morgan fingerprint density at radius 3 is 3.12 bits per heavy atom. The van der Waals surface area contributed by atoms with Crippen LogP contribution in [0.15, 0.2) is 22.9 Å². The summed E-state index contributed by atoms with van der Waals surface area (Å²) in [6.07, 6.45) is 5.56. The fourth-order valence-corrected chi connectivity index (χ4v) is 5.12. The number of hydrogen-bond acceptors (Lipinski definition) is 4. The molecule has 0 aliphatic heterocycles. The van der Waals surface area contributed by atoms with Gasteiger partial charge < -0.3 is 9.88 Å². The third kappa shape index (κ3) is 3.00. The number of anilines is 1. The van der Waals surface area contributed by atoms with Gasteiger partial charge in [0.2, 0.25) is 5.91 Å². The molecule has 1 unspecified atom stereocenters. The Kier molecular flexibility index (Phi) is 4.37. The van der Waals surface area contributed by atoms with Crippen molar-refractivity contribution in [3.63, 3.8) is 0 Å². The van der Waals surface area contributed by atoms with E-state index in [1.54, 1.807) is 6.33 Å². The molecule has 0 radical (unpaired) electrons. The second-order valence-electron chi connectivity index (χ2n) is 6.41. The molecule has 130 valence electrons. The van der Waals surface area contributed by atoms with E-state index in [2.05, 4.69) is 50.3 Å². The highest BCUT2D eigenvalue weighted by atomic mass is 79.9. The number of imidazole rings is 1. The van der Waals surface area contributed by atoms with Crippen molar-refractivity contribution in [3.8, 4) is 0 Å². The molecular formula is C18H19BrN4OS. The fraction of sp³-hybridized carbons (Fsp3) is 0.389. The van der Waals surface area contributed by atoms with Gasteiger partial charge in [-0.1, -0.05) is 34.2 Å². The summed E-state index contributed by atoms with van der Waals surface area (Å²) in [6.45, 7) is 2.11. The molecule has 1 aromatic carbocycles. The molecule has 5 nitrogen and oxygen atoms in total. The van der Waals surface area contributed by atoms with E-state index >= 15 is 0 Å². The zero-order chi connectivity index (χ0) is 17.6. The highest BCUT2D eigenvalue weighted by Gasteiger charge is 2.30. The number of thiazole rings is 1. The summed E-state index contributed by atoms with van der Waals surface area (Å²) in [5.74, 6) is -0.190. The minimum absolute atomic E-state index is 0.00387. The van der Waals surface area contributed by atoms with Crippen molar-refractivity contribution in [2.75, 3.05) is 5.32 Å². The largest absolute Gasteiger partial charge is 0.337 e. The molecule has 1 amide bonds. The van der Waals surface area contributed by atoms with E-state index in [-0.39, 0.29) is 11.8 Å². The first-order valence-electron chi connectivity index (χ1n) is 8.46. The van der Waals surface area contributed by atoms with Gasteiger partial charge in [0, 0.05) is 17.2 Å². The number of nitrogens with one attached hydrogen (secondary N) is 1. The highest BCUT2D eigenvalue weighted by Crippen LogP contribution is 2.34. The summed E-state index contributed by atoms with van der Waals surface area (Å²) in [5.41, 5.74) is 4.26. The zero-order valence-electron chi connectivity index (χ0n) is 14.2. The molecule has 4 rings (SSSR count). The zero-order valence-corrected chi connectivity index (χ0v) is 16.6. The summed E-state index contributed by atoms with van der Waals surface area (Å²) < 4.78 is 4.16. The van der Waals surface area contributed by atoms with Crippen molar-refractivity contribution in [3.05, 3.63) is 39.9 Å². The van der Waals surface area contributed by atoms with Gasteiger partial charge in [0.25, 0.3) is 0 Å². The molecule has 1 atom stereocenters. The van der Waals surface area contributed by atoms with Crippen LogP contribution >= 0.6 is 27.3 Å². The highest BCUT2D eigenvalue weighted by molar-refractivity contribution is 9.10. The Morgan fingerprint density at radius 1 is 1.48 bits per heavy atom. The number of halogens is 1. The van der Waals surface area contributed by atoms with E-state index in [9.17, 15) is 4.79 Å². The number of aryl methyl sites for hydroxylation is 2. The minimum atomic E-state index is -0.186. The molecule has 2 aromatic heterocycles. The Bertz CT molecular complexity index is 962. The van der Waals surface area contributed by atoms with Crippen LogP contribution in [0, 0.1) is 0 Å². The van der Waals surface area contributed by atoms with Gasteiger partial charge in [-0.05, 0) is 43.4 Å². The van der Waals surface area contributed by atoms with Crippen LogP contribution in [0.25, 0.3) is 10.2 Å². The lowest BCUT2D eigenvalue weighted by atomic mass is 9.89. The minimum Gasteiger partial charge on any atom is -0.337 e. The quantitative estimate of drug-likeness (QED) is 0.684. The first-order valence-corrected chi connectivity index (χ1v) is 10.1. The van der Waals surface area contributed by atoms with Gasteiger partial charge >= 0.3 is 0 Å². The van der Waals surface area contributed by atoms with Crippen LogP contribution in [0.2, 0.25) is 0 Å². The smallest absolute Gasteiger partial charge is 0.235 e. The third-order valence-electron chi connectivity index (χ3n) is 4.79. The van der Waals surface area contributed by atoms with E-state index in [0.29, 0.717) is 5.13 Å². The lowest BCUT2D eigenvalue weighted by Gasteiger charge is -2.20. The van der Waals surface area contributed by atoms with Crippen LogP contribution in [-0.2, 0) is 24.7 Å². The number of rotatable bonds is 3. The summed E-state index contributed by atoms with van der Waals surface area (Å²) in [5, 5.41) is 3.69. The number of nitrogens with zero attached hydrogens (tertiary/aromatic N) is 3. The average molecular weight is 419 g/mol. The van der Waals surface area contributed by atoms with Crippen molar-refractivity contribution in [2.24, 2.45) is 7.05 Å². The van der Waals surface area contributed by atoms with Gasteiger partial charge in [-0.25, -0.2) is 9.97 Å². The molecule has 7 heteroatoms. The molecule has 0 saturated heterocycles. The standard InChI is InChI=1S/C18H19BrN4OS/c1-3-10-7-11(19)8-14-15(10)21-18(25-14)22-17(24)12-5-4-6-13-16(12)20-9-23(13)2/h7-9,12H,3-6H2,1-2H3,(H,21,22,24). The first kappa shape index (κ1) is 16.7. The first-order chi connectivity index (χ1) is 12.1. The molecule has 1 aliphatic carbocycles. The van der Waals surface area contributed by atoms with Crippen LogP contribution in [0.4, 0.5) is 5.13 Å². The molecule has 25 heavy (non-hydrogen) atoms. The number of benzene rings is 1. The number of aromatic nitrogens is 3. The average Bonchev–Trinajstić information content (AvgIpc) is 3.17. The monoisotopic (exact) mass is 418 g/mol. The van der Waals surface area contributed by atoms with Crippen molar-refractivity contribution < 1.29 is 4.79 Å². The van der Waals surface area contributed by atoms with Gasteiger partial charge in [0.15, 0.2) is 5.13 Å². The molecule has 1 aliphatic rings. The number of carbonyl (C=O) groups excluding carboxylic acids is 1. The van der Waals surface area contributed by atoms with E-state index in [4.69, 9.17) is 0 Å². The van der Waals surface area contributed by atoms with Crippen LogP contribution in [0.3, 0.4) is 0 Å². The maximum atomic E-state index is 12.8. The van der Waals surface area contributed by atoms with Crippen molar-refractivity contribution in [1.29, 1.82) is 0 Å². The number of carbonyl (C=O) groups is 1. The third-order valence-corrected chi connectivity index (χ3v) is 6.17. The summed E-state index contributed by atoms with van der Waals surface area (Å²) >= 11 is 5.07. The Morgan fingerprint density at radius 2 is 2.32 bits per heavy atom. The van der Waals surface area contributed by atoms with Crippen LogP contribution in [0.5, 0.6) is 0 Å². The molecule has 1 N–H and O–H groups in total. The van der Waals surface area contributed by atoms with Crippen LogP contribution in [-0.4, -0.2) is 20.4 Å². The Balaban J connectivity index is 1.62. The van der Waals surface area contributed by atoms with Crippen molar-refractivity contribution in [2.45, 2.75) is 38.5 Å². The molecular weight excluding hydrogens is 400 g/mol. The second kappa shape index (κ2) is 6.53. The number of hydrogen-bond donors (Lipinski definition) is 1. The van der Waals surface area contributed by atoms with E-state index < -0.39 is 0 Å². The molecule has 0 bridgehead atoms. The van der Waals surface area contributed by atoms with Gasteiger partial charge in [0.05, 0.1) is 28.2 Å². The van der Waals surface area contributed by atoms with Crippen molar-refractivity contribution >= 4 is 48.5 Å². The van der Waals surface area contributed by atoms with Gasteiger partial charge in [-0.2, -0.15) is 0 Å². The van der Waals surface area contributed by atoms with E-state index in [1.807, 2.05) is 11.6 Å². The predicted octanol–water partition coefficient (Wildman–Crippen LogP) is 4.41. The van der Waals surface area contributed by atoms with Crippen molar-refractivity contribution in [1.82, 2.24) is 14.5 Å². The van der Waals surface area contributed by atoms with Crippen LogP contribution in [0.1, 0.15) is 42.6 Å². The second-order valence-corrected chi connectivity index (χ2v) is 8.35. The molecule has 0 spiro atoms.